The van der Waals surface area contributed by atoms with Crippen LogP contribution in [0.15, 0.2) is 47.7 Å². The van der Waals surface area contributed by atoms with Gasteiger partial charge >= 0.3 is 35.5 Å². The Balaban J connectivity index is 0.00000552. The summed E-state index contributed by atoms with van der Waals surface area (Å²) < 4.78 is 12.3. The molecule has 4 aromatic rings. The average Bonchev–Trinajstić information content (AvgIpc) is 3.60. The first-order valence-electron chi connectivity index (χ1n) is 14.0. The number of aryl methyl sites for hydroxylation is 1. The summed E-state index contributed by atoms with van der Waals surface area (Å²) in [6, 6.07) is 9.23. The van der Waals surface area contributed by atoms with Gasteiger partial charge in [0, 0.05) is 36.1 Å². The maximum Gasteiger partial charge on any atom is 1.00 e. The largest absolute Gasteiger partial charge is 1.00 e. The number of carboxylic acids is 1. The predicted octanol–water partition coefficient (Wildman–Crippen LogP) is -3.55. The summed E-state index contributed by atoms with van der Waals surface area (Å²) in [5.41, 5.74) is 2.12. The van der Waals surface area contributed by atoms with E-state index >= 15 is 0 Å². The van der Waals surface area contributed by atoms with E-state index in [0.717, 1.165) is 11.3 Å². The Bertz CT molecular complexity index is 1760. The van der Waals surface area contributed by atoms with Gasteiger partial charge in [0.2, 0.25) is 12.7 Å². The van der Waals surface area contributed by atoms with E-state index in [4.69, 9.17) is 9.47 Å². The smallest absolute Gasteiger partial charge is 0.550 e. The Kier molecular flexibility index (Phi) is 12.8. The molecule has 14 nitrogen and oxygen atoms in total. The van der Waals surface area contributed by atoms with Crippen LogP contribution in [0.1, 0.15) is 62.7 Å². The molecular formula is C30H34N7NaO7. The van der Waals surface area contributed by atoms with Crippen LogP contribution in [-0.2, 0) is 32.7 Å². The van der Waals surface area contributed by atoms with E-state index in [0.29, 0.717) is 24.2 Å². The molecule has 0 bridgehead atoms. The van der Waals surface area contributed by atoms with E-state index in [2.05, 4.69) is 30.2 Å². The molecule has 1 atom stereocenters. The molecule has 0 aliphatic heterocycles. The van der Waals surface area contributed by atoms with Crippen LogP contribution in [0.25, 0.3) is 12.2 Å². The molecule has 0 aliphatic rings. The van der Waals surface area contributed by atoms with Gasteiger partial charge in [-0.3, -0.25) is 9.59 Å². The van der Waals surface area contributed by atoms with Crippen LogP contribution in [0.3, 0.4) is 0 Å². The zero-order valence-electron chi connectivity index (χ0n) is 25.6. The van der Waals surface area contributed by atoms with Crippen molar-refractivity contribution in [3.05, 3.63) is 86.6 Å². The number of nitrogens with zero attached hydrogens (tertiary/aromatic N) is 5. The van der Waals surface area contributed by atoms with Gasteiger partial charge < -0.3 is 34.4 Å². The summed E-state index contributed by atoms with van der Waals surface area (Å²) >= 11 is 0. The van der Waals surface area contributed by atoms with Gasteiger partial charge in [-0.25, -0.2) is 14.6 Å². The first-order valence-corrected chi connectivity index (χ1v) is 14.0. The molecule has 0 saturated carbocycles. The predicted molar refractivity (Wildman–Crippen MR) is 155 cm³/mol. The summed E-state index contributed by atoms with van der Waals surface area (Å²) in [7, 11) is 0. The number of hydrogen-bond acceptors (Lipinski definition) is 11. The first-order chi connectivity index (χ1) is 21.0. The van der Waals surface area contributed by atoms with E-state index < -0.39 is 36.8 Å². The zero-order chi connectivity index (χ0) is 31.7. The Hall–Kier alpha value is -4.11. The van der Waals surface area contributed by atoms with Crippen molar-refractivity contribution < 1.29 is 58.8 Å². The number of aromatic nitrogens is 7. The SMILES string of the molecule is CC(C)(C)c1[nH]cnc1/C=c1\[nH]c(=O)/c(=C/c2ccccc2)nc1OCOC(=O)CCCc1cn(C[C@H](O)CC(=O)[O-])nn1.[Na+]. The number of carbonyl (C=O) groups excluding carboxylic acids is 2. The monoisotopic (exact) mass is 627 g/mol. The maximum atomic E-state index is 12.9. The second-order valence-corrected chi connectivity index (χ2v) is 11.1. The van der Waals surface area contributed by atoms with Gasteiger partial charge in [0.15, 0.2) is 0 Å². The summed E-state index contributed by atoms with van der Waals surface area (Å²) in [5, 5.41) is 28.5. The minimum absolute atomic E-state index is 0. The fourth-order valence-corrected chi connectivity index (χ4v) is 4.28. The summed E-state index contributed by atoms with van der Waals surface area (Å²) in [5.74, 6) is -1.82. The number of H-pyrrole nitrogens is 2. The summed E-state index contributed by atoms with van der Waals surface area (Å²) in [4.78, 5) is 50.7. The molecule has 4 rings (SSSR count). The van der Waals surface area contributed by atoms with Crippen LogP contribution in [0.2, 0.25) is 0 Å². The molecule has 0 spiro atoms. The van der Waals surface area contributed by atoms with Crippen molar-refractivity contribution in [1.29, 1.82) is 0 Å². The number of nitrogens with one attached hydrogen (secondary N) is 2. The Morgan fingerprint density at radius 2 is 1.93 bits per heavy atom. The molecule has 0 saturated heterocycles. The first kappa shape index (κ1) is 35.4. The fourth-order valence-electron chi connectivity index (χ4n) is 4.28. The van der Waals surface area contributed by atoms with Crippen LogP contribution in [0.4, 0.5) is 0 Å². The second kappa shape index (κ2) is 16.3. The molecule has 1 aromatic carbocycles. The molecule has 3 heterocycles. The molecular weight excluding hydrogens is 593 g/mol. The number of imidazole rings is 1. The van der Waals surface area contributed by atoms with Crippen molar-refractivity contribution in [3.8, 4) is 5.88 Å². The Labute approximate surface area is 280 Å². The molecule has 15 heteroatoms. The number of carboxylic acid groups (broad SMARTS) is 1. The zero-order valence-corrected chi connectivity index (χ0v) is 27.6. The van der Waals surface area contributed by atoms with Gasteiger partial charge in [-0.05, 0) is 30.6 Å². The molecule has 0 fully saturated rings. The molecule has 3 aromatic heterocycles. The van der Waals surface area contributed by atoms with Crippen molar-refractivity contribution in [3.63, 3.8) is 0 Å². The fraction of sp³-hybridized carbons (Fsp3) is 0.367. The normalized spacial score (nSPS) is 12.9. The van der Waals surface area contributed by atoms with E-state index in [1.54, 1.807) is 24.7 Å². The third-order valence-corrected chi connectivity index (χ3v) is 6.35. The van der Waals surface area contributed by atoms with Crippen molar-refractivity contribution in [2.24, 2.45) is 0 Å². The second-order valence-electron chi connectivity index (χ2n) is 11.1. The number of aromatic amines is 2. The number of benzene rings is 1. The molecule has 0 aliphatic carbocycles. The molecule has 0 unspecified atom stereocenters. The third-order valence-electron chi connectivity index (χ3n) is 6.35. The quantitative estimate of drug-likeness (QED) is 0.0753. The van der Waals surface area contributed by atoms with Crippen molar-refractivity contribution in [2.45, 2.75) is 64.5 Å². The Morgan fingerprint density at radius 1 is 1.18 bits per heavy atom. The minimum atomic E-state index is -1.36. The number of aliphatic carboxylic acids is 1. The van der Waals surface area contributed by atoms with Crippen LogP contribution >= 0.6 is 0 Å². The van der Waals surface area contributed by atoms with Gasteiger partial charge in [0.1, 0.15) is 10.7 Å². The van der Waals surface area contributed by atoms with Crippen LogP contribution in [0.5, 0.6) is 5.88 Å². The van der Waals surface area contributed by atoms with E-state index in [1.165, 1.54) is 4.68 Å². The molecule has 232 valence electrons. The van der Waals surface area contributed by atoms with Crippen molar-refractivity contribution in [2.75, 3.05) is 6.79 Å². The van der Waals surface area contributed by atoms with E-state index in [-0.39, 0.29) is 64.5 Å². The molecule has 3 N–H and O–H groups in total. The minimum Gasteiger partial charge on any atom is -0.550 e. The van der Waals surface area contributed by atoms with Gasteiger partial charge in [-0.1, -0.05) is 56.3 Å². The number of aliphatic hydroxyl groups is 1. The topological polar surface area (TPSA) is 201 Å². The molecule has 0 amide bonds. The average molecular weight is 628 g/mol. The van der Waals surface area contributed by atoms with Crippen LogP contribution in [0, 0.1) is 0 Å². The molecule has 0 radical (unpaired) electrons. The van der Waals surface area contributed by atoms with Crippen LogP contribution in [-0.4, -0.2) is 64.9 Å². The molecule has 45 heavy (non-hydrogen) atoms. The van der Waals surface area contributed by atoms with Crippen molar-refractivity contribution >= 4 is 24.1 Å². The van der Waals surface area contributed by atoms with Crippen LogP contribution < -0.4 is 55.7 Å². The van der Waals surface area contributed by atoms with Gasteiger partial charge in [-0.2, -0.15) is 0 Å². The van der Waals surface area contributed by atoms with Gasteiger partial charge in [0.25, 0.3) is 5.56 Å². The third kappa shape index (κ3) is 10.8. The van der Waals surface area contributed by atoms with Gasteiger partial charge in [-0.15, -0.1) is 5.10 Å². The number of hydrogen-bond donors (Lipinski definition) is 3. The number of aliphatic hydroxyl groups excluding tert-OH is 1. The Morgan fingerprint density at radius 3 is 2.64 bits per heavy atom. The van der Waals surface area contributed by atoms with E-state index in [9.17, 15) is 24.6 Å². The standard InChI is InChI=1S/C30H35N7O7.Na/c1-30(2,3)27-22(31-17-32-27)14-24-29(34-23(28(42)33-24)12-19-8-5-4-6-9-19)44-18-43-26(41)11-7-10-20-15-37(36-35-20)16-21(38)13-25(39)40;/h4-6,8-9,12,14-15,17,21,38H,7,10-11,13,16,18H2,1-3H3,(H,31,32)(H,33,42)(H,39,40);/q;+1/p-1/b23-12-,24-14-;/t21-;/m1./s1. The van der Waals surface area contributed by atoms with E-state index in [1.807, 2.05) is 51.1 Å². The number of carbonyl (C=O) groups is 2. The summed E-state index contributed by atoms with van der Waals surface area (Å²) in [6.07, 6.45) is 5.64. The number of ether oxygens (including phenoxy) is 2. The number of rotatable bonds is 13. The number of esters is 1. The summed E-state index contributed by atoms with van der Waals surface area (Å²) in [6.45, 7) is 5.60. The van der Waals surface area contributed by atoms with Crippen molar-refractivity contribution in [1.82, 2.24) is 34.9 Å². The van der Waals surface area contributed by atoms with Gasteiger partial charge in [0.05, 0.1) is 30.4 Å². The maximum absolute atomic E-state index is 12.9.